The third kappa shape index (κ3) is 4.77. The lowest BCUT2D eigenvalue weighted by Gasteiger charge is -2.33. The molecule has 1 fully saturated rings. The number of carbonyl (C=O) groups excluding carboxylic acids is 1. The molecule has 5 nitrogen and oxygen atoms in total. The summed E-state index contributed by atoms with van der Waals surface area (Å²) in [7, 11) is 0. The Kier molecular flexibility index (Phi) is 5.79. The zero-order chi connectivity index (χ0) is 20.1. The molecule has 4 rings (SSSR count). The Bertz CT molecular complexity index is 979. The maximum absolute atomic E-state index is 13.5. The van der Waals surface area contributed by atoms with E-state index in [1.807, 2.05) is 36.4 Å². The molecule has 0 bridgehead atoms. The van der Waals surface area contributed by atoms with Gasteiger partial charge in [-0.1, -0.05) is 42.5 Å². The normalized spacial score (nSPS) is 16.4. The van der Waals surface area contributed by atoms with E-state index in [0.29, 0.717) is 24.5 Å². The lowest BCUT2D eigenvalue weighted by molar-refractivity contribution is -0.125. The molecule has 0 aliphatic carbocycles. The largest absolute Gasteiger partial charge is 0.356 e. The Morgan fingerprint density at radius 1 is 1.14 bits per heavy atom. The van der Waals surface area contributed by atoms with Gasteiger partial charge in [0, 0.05) is 31.4 Å². The van der Waals surface area contributed by atoms with Crippen LogP contribution in [0.15, 0.2) is 66.9 Å². The lowest BCUT2D eigenvalue weighted by Crippen LogP contribution is -2.43. The molecule has 1 atom stereocenters. The molecule has 1 saturated heterocycles. The number of nitrogens with zero attached hydrogens (tertiary/aromatic N) is 3. The zero-order valence-corrected chi connectivity index (χ0v) is 16.1. The van der Waals surface area contributed by atoms with Crippen molar-refractivity contribution in [3.8, 4) is 11.4 Å². The molecule has 3 aromatic rings. The number of halogens is 1. The molecule has 1 unspecified atom stereocenters. The van der Waals surface area contributed by atoms with Gasteiger partial charge in [0.2, 0.25) is 5.91 Å². The molecule has 0 spiro atoms. The highest BCUT2D eigenvalue weighted by molar-refractivity contribution is 5.79. The number of aromatic nitrogens is 2. The minimum atomic E-state index is -0.315. The van der Waals surface area contributed by atoms with E-state index in [4.69, 9.17) is 0 Å². The number of nitrogens with one attached hydrogen (secondary N) is 1. The topological polar surface area (TPSA) is 58.1 Å². The highest BCUT2D eigenvalue weighted by Gasteiger charge is 2.26. The predicted molar refractivity (Wildman–Crippen MR) is 111 cm³/mol. The van der Waals surface area contributed by atoms with E-state index in [1.165, 1.54) is 12.1 Å². The van der Waals surface area contributed by atoms with Gasteiger partial charge in [0.05, 0.1) is 5.92 Å². The van der Waals surface area contributed by atoms with Crippen molar-refractivity contribution >= 4 is 11.7 Å². The Balaban J connectivity index is 1.43. The maximum Gasteiger partial charge on any atom is 0.225 e. The fraction of sp³-hybridized carbons (Fsp3) is 0.261. The molecule has 0 saturated carbocycles. The number of benzene rings is 2. The minimum absolute atomic E-state index is 0.0676. The van der Waals surface area contributed by atoms with Gasteiger partial charge in [0.1, 0.15) is 11.6 Å². The monoisotopic (exact) mass is 390 g/mol. The summed E-state index contributed by atoms with van der Waals surface area (Å²) >= 11 is 0. The summed E-state index contributed by atoms with van der Waals surface area (Å²) in [5.74, 6) is 0.917. The predicted octanol–water partition coefficient (Wildman–Crippen LogP) is 3.82. The molecule has 0 radical (unpaired) electrons. The standard InChI is InChI=1S/C23H23FN4O/c24-20-10-4-8-18(14-20)22-25-12-11-21(27-22)28-13-5-9-19(16-28)23(29)26-15-17-6-2-1-3-7-17/h1-4,6-8,10-12,14,19H,5,9,13,15-16H2,(H,26,29). The van der Waals surface area contributed by atoms with Gasteiger partial charge in [-0.25, -0.2) is 14.4 Å². The molecular formula is C23H23FN4O. The number of hydrogen-bond acceptors (Lipinski definition) is 4. The lowest BCUT2D eigenvalue weighted by atomic mass is 9.97. The second kappa shape index (κ2) is 8.82. The van der Waals surface area contributed by atoms with Crippen LogP contribution < -0.4 is 10.2 Å². The van der Waals surface area contributed by atoms with E-state index in [2.05, 4.69) is 20.2 Å². The van der Waals surface area contributed by atoms with Crippen LogP contribution in [0.2, 0.25) is 0 Å². The van der Waals surface area contributed by atoms with Crippen molar-refractivity contribution in [2.24, 2.45) is 5.92 Å². The van der Waals surface area contributed by atoms with Crippen LogP contribution in [0.4, 0.5) is 10.2 Å². The van der Waals surface area contributed by atoms with Crippen molar-refractivity contribution in [3.63, 3.8) is 0 Å². The van der Waals surface area contributed by atoms with Crippen LogP contribution >= 0.6 is 0 Å². The van der Waals surface area contributed by atoms with Crippen molar-refractivity contribution in [1.82, 2.24) is 15.3 Å². The number of hydrogen-bond donors (Lipinski definition) is 1. The summed E-state index contributed by atoms with van der Waals surface area (Å²) in [4.78, 5) is 23.7. The SMILES string of the molecule is O=C(NCc1ccccc1)C1CCCN(c2ccnc(-c3cccc(F)c3)n2)C1. The van der Waals surface area contributed by atoms with Crippen molar-refractivity contribution < 1.29 is 9.18 Å². The Labute approximate surface area is 169 Å². The average Bonchev–Trinajstić information content (AvgIpc) is 2.78. The van der Waals surface area contributed by atoms with Gasteiger partial charge >= 0.3 is 0 Å². The van der Waals surface area contributed by atoms with E-state index in [9.17, 15) is 9.18 Å². The number of rotatable bonds is 5. The zero-order valence-electron chi connectivity index (χ0n) is 16.1. The highest BCUT2D eigenvalue weighted by Crippen LogP contribution is 2.24. The van der Waals surface area contributed by atoms with Crippen LogP contribution in [-0.4, -0.2) is 29.0 Å². The maximum atomic E-state index is 13.5. The van der Waals surface area contributed by atoms with Gasteiger partial charge < -0.3 is 10.2 Å². The number of piperidine rings is 1. The quantitative estimate of drug-likeness (QED) is 0.720. The van der Waals surface area contributed by atoms with E-state index in [-0.39, 0.29) is 17.6 Å². The second-order valence-electron chi connectivity index (χ2n) is 7.24. The van der Waals surface area contributed by atoms with Gasteiger partial charge in [-0.15, -0.1) is 0 Å². The van der Waals surface area contributed by atoms with Crippen molar-refractivity contribution in [2.45, 2.75) is 19.4 Å². The van der Waals surface area contributed by atoms with Gasteiger partial charge in [-0.2, -0.15) is 0 Å². The molecule has 148 valence electrons. The van der Waals surface area contributed by atoms with Gasteiger partial charge in [0.15, 0.2) is 5.82 Å². The molecular weight excluding hydrogens is 367 g/mol. The van der Waals surface area contributed by atoms with Gasteiger partial charge in [-0.3, -0.25) is 4.79 Å². The Hall–Kier alpha value is -3.28. The summed E-state index contributed by atoms with van der Waals surface area (Å²) in [5, 5.41) is 3.04. The molecule has 2 heterocycles. The first-order valence-electron chi connectivity index (χ1n) is 9.84. The van der Waals surface area contributed by atoms with Crippen molar-refractivity contribution in [2.75, 3.05) is 18.0 Å². The molecule has 1 aliphatic heterocycles. The smallest absolute Gasteiger partial charge is 0.225 e. The molecule has 1 amide bonds. The fourth-order valence-corrected chi connectivity index (χ4v) is 3.62. The molecule has 1 N–H and O–H groups in total. The van der Waals surface area contributed by atoms with Crippen LogP contribution in [0.1, 0.15) is 18.4 Å². The number of anilines is 1. The van der Waals surface area contributed by atoms with E-state index < -0.39 is 0 Å². The molecule has 2 aromatic carbocycles. The van der Waals surface area contributed by atoms with Gasteiger partial charge in [-0.05, 0) is 36.6 Å². The first-order chi connectivity index (χ1) is 14.2. The van der Waals surface area contributed by atoms with E-state index >= 15 is 0 Å². The number of amides is 1. The molecule has 1 aromatic heterocycles. The third-order valence-electron chi connectivity index (χ3n) is 5.15. The average molecular weight is 390 g/mol. The third-order valence-corrected chi connectivity index (χ3v) is 5.15. The summed E-state index contributed by atoms with van der Waals surface area (Å²) in [6.45, 7) is 1.98. The van der Waals surface area contributed by atoms with Crippen LogP contribution in [0, 0.1) is 11.7 Å². The van der Waals surface area contributed by atoms with Crippen LogP contribution in [0.3, 0.4) is 0 Å². The summed E-state index contributed by atoms with van der Waals surface area (Å²) in [6, 6.07) is 18.0. The molecule has 6 heteroatoms. The second-order valence-corrected chi connectivity index (χ2v) is 7.24. The first kappa shape index (κ1) is 19.1. The van der Waals surface area contributed by atoms with Crippen molar-refractivity contribution in [1.29, 1.82) is 0 Å². The Morgan fingerprint density at radius 3 is 2.83 bits per heavy atom. The summed E-state index contributed by atoms with van der Waals surface area (Å²) in [6.07, 6.45) is 3.46. The Morgan fingerprint density at radius 2 is 2.00 bits per heavy atom. The van der Waals surface area contributed by atoms with E-state index in [1.54, 1.807) is 18.3 Å². The van der Waals surface area contributed by atoms with Crippen LogP contribution in [0.25, 0.3) is 11.4 Å². The minimum Gasteiger partial charge on any atom is -0.356 e. The molecule has 1 aliphatic rings. The number of carbonyl (C=O) groups is 1. The summed E-state index contributed by atoms with van der Waals surface area (Å²) < 4.78 is 13.5. The fourth-order valence-electron chi connectivity index (χ4n) is 3.62. The van der Waals surface area contributed by atoms with E-state index in [0.717, 1.165) is 30.8 Å². The first-order valence-corrected chi connectivity index (χ1v) is 9.84. The van der Waals surface area contributed by atoms with Crippen LogP contribution in [-0.2, 0) is 11.3 Å². The van der Waals surface area contributed by atoms with Crippen LogP contribution in [0.5, 0.6) is 0 Å². The highest BCUT2D eigenvalue weighted by atomic mass is 19.1. The van der Waals surface area contributed by atoms with Crippen molar-refractivity contribution in [3.05, 3.63) is 78.2 Å². The van der Waals surface area contributed by atoms with Gasteiger partial charge in [0.25, 0.3) is 0 Å². The molecule has 29 heavy (non-hydrogen) atoms. The summed E-state index contributed by atoms with van der Waals surface area (Å²) in [5.41, 5.74) is 1.73.